The summed E-state index contributed by atoms with van der Waals surface area (Å²) in [7, 11) is 0. The zero-order valence-corrected chi connectivity index (χ0v) is 11.9. The van der Waals surface area contributed by atoms with Crippen LogP contribution < -0.4 is 0 Å². The monoisotopic (exact) mass is 260 g/mol. The first-order valence-electron chi connectivity index (χ1n) is 7.06. The lowest BCUT2D eigenvalue weighted by Gasteiger charge is -2.05. The molecule has 0 unspecified atom stereocenters. The summed E-state index contributed by atoms with van der Waals surface area (Å²) in [5.41, 5.74) is 0. The van der Waals surface area contributed by atoms with Crippen LogP contribution in [-0.2, 0) is 19.0 Å². The minimum atomic E-state index is -0.209. The number of carbonyl (C=O) groups is 1. The topological polar surface area (TPSA) is 44.8 Å². The highest BCUT2D eigenvalue weighted by Crippen LogP contribution is 1.96. The van der Waals surface area contributed by atoms with Crippen LogP contribution in [0.5, 0.6) is 0 Å². The van der Waals surface area contributed by atoms with Gasteiger partial charge in [0.2, 0.25) is 0 Å². The molecule has 18 heavy (non-hydrogen) atoms. The van der Waals surface area contributed by atoms with Gasteiger partial charge in [-0.15, -0.1) is 0 Å². The van der Waals surface area contributed by atoms with Crippen LogP contribution in [0.25, 0.3) is 0 Å². The Kier molecular flexibility index (Phi) is 14.0. The third-order valence-corrected chi connectivity index (χ3v) is 2.46. The molecule has 0 bridgehead atoms. The van der Waals surface area contributed by atoms with Crippen LogP contribution in [0.2, 0.25) is 0 Å². The fourth-order valence-corrected chi connectivity index (χ4v) is 1.38. The number of hydrogen-bond donors (Lipinski definition) is 0. The summed E-state index contributed by atoms with van der Waals surface area (Å²) in [6, 6.07) is 0. The van der Waals surface area contributed by atoms with Gasteiger partial charge in [-0.25, -0.2) is 0 Å². The van der Waals surface area contributed by atoms with Crippen LogP contribution in [-0.4, -0.2) is 39.0 Å². The van der Waals surface area contributed by atoms with E-state index in [1.165, 1.54) is 13.3 Å². The maximum atomic E-state index is 10.5. The van der Waals surface area contributed by atoms with E-state index in [4.69, 9.17) is 14.2 Å². The molecule has 0 atom stereocenters. The molecule has 0 aliphatic rings. The third kappa shape index (κ3) is 15.4. The van der Waals surface area contributed by atoms with E-state index < -0.39 is 0 Å². The average Bonchev–Trinajstić information content (AvgIpc) is 2.34. The zero-order chi connectivity index (χ0) is 13.5. The van der Waals surface area contributed by atoms with Gasteiger partial charge in [-0.3, -0.25) is 4.79 Å². The molecule has 0 rings (SSSR count). The van der Waals surface area contributed by atoms with Crippen molar-refractivity contribution >= 4 is 5.97 Å². The molecule has 108 valence electrons. The number of carbonyl (C=O) groups excluding carboxylic acids is 1. The summed E-state index contributed by atoms with van der Waals surface area (Å²) in [6.07, 6.45) is 6.28. The zero-order valence-electron chi connectivity index (χ0n) is 11.9. The third-order valence-electron chi connectivity index (χ3n) is 2.46. The van der Waals surface area contributed by atoms with E-state index >= 15 is 0 Å². The molecule has 0 saturated heterocycles. The number of rotatable bonds is 13. The molecule has 4 nitrogen and oxygen atoms in total. The van der Waals surface area contributed by atoms with Crippen LogP contribution in [0.15, 0.2) is 0 Å². The summed E-state index contributed by atoms with van der Waals surface area (Å²) in [5.74, 6) is -0.209. The maximum absolute atomic E-state index is 10.5. The molecule has 0 N–H and O–H groups in total. The largest absolute Gasteiger partial charge is 0.466 e. The fourth-order valence-electron chi connectivity index (χ4n) is 1.38. The Morgan fingerprint density at radius 1 is 0.778 bits per heavy atom. The van der Waals surface area contributed by atoms with Crippen LogP contribution in [0.3, 0.4) is 0 Å². The van der Waals surface area contributed by atoms with E-state index in [0.29, 0.717) is 6.61 Å². The molecule has 0 aromatic carbocycles. The number of esters is 1. The van der Waals surface area contributed by atoms with Crippen molar-refractivity contribution in [1.29, 1.82) is 0 Å². The Labute approximate surface area is 111 Å². The molecule has 0 aromatic rings. The second kappa shape index (κ2) is 14.5. The van der Waals surface area contributed by atoms with Gasteiger partial charge >= 0.3 is 5.97 Å². The predicted molar refractivity (Wildman–Crippen MR) is 71.6 cm³/mol. The van der Waals surface area contributed by atoms with E-state index in [1.54, 1.807) is 0 Å². The normalized spacial score (nSPS) is 10.6. The van der Waals surface area contributed by atoms with E-state index in [9.17, 15) is 4.79 Å². The standard InChI is InChI=1S/C14H28O4/c1-3-4-9-16-10-5-6-11-17-12-7-8-13-18-14(2)15/h3-13H2,1-2H3. The highest BCUT2D eigenvalue weighted by molar-refractivity contribution is 5.65. The molecule has 0 radical (unpaired) electrons. The second-order valence-electron chi connectivity index (χ2n) is 4.33. The van der Waals surface area contributed by atoms with Gasteiger partial charge in [0.05, 0.1) is 6.61 Å². The van der Waals surface area contributed by atoms with Gasteiger partial charge in [0.1, 0.15) is 0 Å². The Morgan fingerprint density at radius 3 is 1.67 bits per heavy atom. The SMILES string of the molecule is CCCCOCCCCOCCCCOC(C)=O. The first kappa shape index (κ1) is 17.4. The highest BCUT2D eigenvalue weighted by atomic mass is 16.5. The minimum absolute atomic E-state index is 0.209. The van der Waals surface area contributed by atoms with Gasteiger partial charge < -0.3 is 14.2 Å². The van der Waals surface area contributed by atoms with Crippen molar-refractivity contribution in [2.24, 2.45) is 0 Å². The van der Waals surface area contributed by atoms with Crippen molar-refractivity contribution in [2.75, 3.05) is 33.0 Å². The van der Waals surface area contributed by atoms with Crippen molar-refractivity contribution in [3.05, 3.63) is 0 Å². The molecule has 0 fully saturated rings. The van der Waals surface area contributed by atoms with E-state index in [2.05, 4.69) is 6.92 Å². The fraction of sp³-hybridized carbons (Fsp3) is 0.929. The molecule has 0 heterocycles. The summed E-state index contributed by atoms with van der Waals surface area (Å²) in [4.78, 5) is 10.5. The average molecular weight is 260 g/mol. The van der Waals surface area contributed by atoms with Gasteiger partial charge in [0.15, 0.2) is 0 Å². The van der Waals surface area contributed by atoms with Crippen molar-refractivity contribution in [3.63, 3.8) is 0 Å². The summed E-state index contributed by atoms with van der Waals surface area (Å²) >= 11 is 0. The lowest BCUT2D eigenvalue weighted by atomic mass is 10.3. The van der Waals surface area contributed by atoms with Gasteiger partial charge in [-0.05, 0) is 32.1 Å². The quantitative estimate of drug-likeness (QED) is 0.377. The molecule has 0 saturated carbocycles. The first-order valence-corrected chi connectivity index (χ1v) is 7.06. The number of hydrogen-bond acceptors (Lipinski definition) is 4. The maximum Gasteiger partial charge on any atom is 0.302 e. The van der Waals surface area contributed by atoms with Gasteiger partial charge in [-0.2, -0.15) is 0 Å². The molecule has 0 aliphatic carbocycles. The van der Waals surface area contributed by atoms with E-state index in [0.717, 1.165) is 58.5 Å². The molecular weight excluding hydrogens is 232 g/mol. The highest BCUT2D eigenvalue weighted by Gasteiger charge is 1.94. The second-order valence-corrected chi connectivity index (χ2v) is 4.33. The minimum Gasteiger partial charge on any atom is -0.466 e. The summed E-state index contributed by atoms with van der Waals surface area (Å²) in [6.45, 7) is 7.37. The Morgan fingerprint density at radius 2 is 1.22 bits per heavy atom. The molecule has 0 aromatic heterocycles. The molecule has 0 spiro atoms. The molecular formula is C14H28O4. The number of ether oxygens (including phenoxy) is 3. The predicted octanol–water partition coefficient (Wildman–Crippen LogP) is 2.94. The first-order chi connectivity index (χ1) is 8.77. The smallest absolute Gasteiger partial charge is 0.302 e. The van der Waals surface area contributed by atoms with Gasteiger partial charge in [0.25, 0.3) is 0 Å². The Hall–Kier alpha value is -0.610. The van der Waals surface area contributed by atoms with Crippen LogP contribution in [0.4, 0.5) is 0 Å². The van der Waals surface area contributed by atoms with Crippen molar-refractivity contribution in [1.82, 2.24) is 0 Å². The molecule has 4 heteroatoms. The van der Waals surface area contributed by atoms with Crippen molar-refractivity contribution in [2.45, 2.75) is 52.4 Å². The Balaban J connectivity index is 2.92. The van der Waals surface area contributed by atoms with Gasteiger partial charge in [0, 0.05) is 33.4 Å². The van der Waals surface area contributed by atoms with Gasteiger partial charge in [-0.1, -0.05) is 13.3 Å². The van der Waals surface area contributed by atoms with E-state index in [-0.39, 0.29) is 5.97 Å². The Bertz CT molecular complexity index is 183. The number of unbranched alkanes of at least 4 members (excludes halogenated alkanes) is 3. The van der Waals surface area contributed by atoms with Crippen molar-refractivity contribution in [3.8, 4) is 0 Å². The summed E-state index contributed by atoms with van der Waals surface area (Å²) < 4.78 is 15.7. The van der Waals surface area contributed by atoms with Crippen molar-refractivity contribution < 1.29 is 19.0 Å². The lowest BCUT2D eigenvalue weighted by Crippen LogP contribution is -2.04. The van der Waals surface area contributed by atoms with E-state index in [1.807, 2.05) is 0 Å². The van der Waals surface area contributed by atoms with Crippen LogP contribution in [0.1, 0.15) is 52.4 Å². The lowest BCUT2D eigenvalue weighted by molar-refractivity contribution is -0.141. The van der Waals surface area contributed by atoms with Crippen LogP contribution >= 0.6 is 0 Å². The van der Waals surface area contributed by atoms with Crippen LogP contribution in [0, 0.1) is 0 Å². The molecule has 0 amide bonds. The summed E-state index contributed by atoms with van der Waals surface area (Å²) in [5, 5.41) is 0. The molecule has 0 aliphatic heterocycles.